The zero-order valence-electron chi connectivity index (χ0n) is 7.38. The number of aromatic nitrogens is 1. The lowest BCUT2D eigenvalue weighted by Crippen LogP contribution is -1.79. The van der Waals surface area contributed by atoms with Crippen LogP contribution in [-0.4, -0.2) is 4.98 Å². The van der Waals surface area contributed by atoms with Crippen molar-refractivity contribution in [3.63, 3.8) is 0 Å². The van der Waals surface area contributed by atoms with Crippen LogP contribution in [0.5, 0.6) is 0 Å². The minimum absolute atomic E-state index is 0.839. The van der Waals surface area contributed by atoms with E-state index in [2.05, 4.69) is 4.98 Å². The van der Waals surface area contributed by atoms with Gasteiger partial charge in [-0.3, -0.25) is 4.98 Å². The van der Waals surface area contributed by atoms with Gasteiger partial charge in [-0.05, 0) is 29.3 Å². The van der Waals surface area contributed by atoms with Gasteiger partial charge in [0.05, 0.1) is 12.1 Å². The first-order valence-corrected chi connectivity index (χ1v) is 3.94. The third-order valence-corrected chi connectivity index (χ3v) is 1.48. The molecule has 1 aromatic heterocycles. The highest BCUT2D eigenvalue weighted by Gasteiger charge is 1.89. The van der Waals surface area contributed by atoms with Gasteiger partial charge in [0.25, 0.3) is 0 Å². The van der Waals surface area contributed by atoms with E-state index in [-0.39, 0.29) is 0 Å². The van der Waals surface area contributed by atoms with Gasteiger partial charge in [-0.25, -0.2) is 0 Å². The molecule has 0 atom stereocenters. The van der Waals surface area contributed by atoms with Crippen molar-refractivity contribution in [2.24, 2.45) is 0 Å². The predicted molar refractivity (Wildman–Crippen MR) is 53.5 cm³/mol. The van der Waals surface area contributed by atoms with Crippen LogP contribution in [0.15, 0.2) is 30.6 Å². The van der Waals surface area contributed by atoms with Crippen LogP contribution in [0.4, 0.5) is 0 Å². The Morgan fingerprint density at radius 3 is 1.93 bits per heavy atom. The van der Waals surface area contributed by atoms with Gasteiger partial charge in [-0.2, -0.15) is 10.5 Å². The third-order valence-electron chi connectivity index (χ3n) is 1.48. The molecule has 66 valence electrons. The molecule has 0 aliphatic heterocycles. The molecule has 0 unspecified atom stereocenters. The van der Waals surface area contributed by atoms with Crippen molar-refractivity contribution < 1.29 is 0 Å². The quantitative estimate of drug-likeness (QED) is 0.657. The van der Waals surface area contributed by atoms with Gasteiger partial charge >= 0.3 is 0 Å². The minimum Gasteiger partial charge on any atom is -0.263 e. The van der Waals surface area contributed by atoms with Crippen LogP contribution in [0, 0.1) is 22.7 Å². The van der Waals surface area contributed by atoms with Gasteiger partial charge in [0, 0.05) is 24.5 Å². The van der Waals surface area contributed by atoms with Crippen LogP contribution in [-0.2, 0) is 0 Å². The summed E-state index contributed by atoms with van der Waals surface area (Å²) >= 11 is 0. The largest absolute Gasteiger partial charge is 0.263 e. The molecule has 0 aromatic carbocycles. The average Bonchev–Trinajstić information content (AvgIpc) is 2.24. The number of rotatable bonds is 2. The number of hydrogen-bond acceptors (Lipinski definition) is 3. The number of pyridine rings is 1. The molecule has 0 saturated heterocycles. The van der Waals surface area contributed by atoms with Crippen molar-refractivity contribution in [1.29, 1.82) is 10.5 Å². The van der Waals surface area contributed by atoms with Crippen molar-refractivity contribution in [3.8, 4) is 12.1 Å². The summed E-state index contributed by atoms with van der Waals surface area (Å²) < 4.78 is 0. The lowest BCUT2D eigenvalue weighted by atomic mass is 10.2. The number of allylic oxidation sites excluding steroid dienone is 2. The molecule has 1 heterocycles. The monoisotopic (exact) mass is 181 g/mol. The van der Waals surface area contributed by atoms with Crippen molar-refractivity contribution in [1.82, 2.24) is 4.98 Å². The Morgan fingerprint density at radius 1 is 1.00 bits per heavy atom. The van der Waals surface area contributed by atoms with Gasteiger partial charge < -0.3 is 0 Å². The maximum atomic E-state index is 8.32. The number of nitrogens with zero attached hydrogens (tertiary/aromatic N) is 3. The van der Waals surface area contributed by atoms with Crippen LogP contribution < -0.4 is 0 Å². The van der Waals surface area contributed by atoms with Gasteiger partial charge in [0.1, 0.15) is 0 Å². The summed E-state index contributed by atoms with van der Waals surface area (Å²) in [6.07, 6.45) is 9.39. The third kappa shape index (κ3) is 2.92. The van der Waals surface area contributed by atoms with E-state index < -0.39 is 0 Å². The summed E-state index contributed by atoms with van der Waals surface area (Å²) in [4.78, 5) is 3.97. The molecule has 3 heteroatoms. The summed E-state index contributed by atoms with van der Waals surface area (Å²) in [5.74, 6) is 0. The molecule has 0 bridgehead atoms. The molecular formula is C11H7N3. The molecule has 0 radical (unpaired) electrons. The molecule has 0 aliphatic rings. The fourth-order valence-corrected chi connectivity index (χ4v) is 0.926. The Hall–Kier alpha value is -2.39. The zero-order chi connectivity index (χ0) is 10.2. The lowest BCUT2D eigenvalue weighted by Gasteiger charge is -1.93. The number of hydrogen-bond donors (Lipinski definition) is 0. The predicted octanol–water partition coefficient (Wildman–Crippen LogP) is 2.16. The number of nitriles is 2. The molecule has 0 saturated carbocycles. The first kappa shape index (κ1) is 9.70. The van der Waals surface area contributed by atoms with E-state index in [1.54, 1.807) is 24.5 Å². The summed E-state index contributed by atoms with van der Waals surface area (Å²) in [6, 6.07) is 5.64. The Kier molecular flexibility index (Phi) is 3.66. The Bertz CT molecular complexity index is 405. The van der Waals surface area contributed by atoms with E-state index >= 15 is 0 Å². The highest BCUT2D eigenvalue weighted by Crippen LogP contribution is 2.06. The highest BCUT2D eigenvalue weighted by atomic mass is 14.6. The Labute approximate surface area is 82.2 Å². The van der Waals surface area contributed by atoms with E-state index in [0.717, 1.165) is 11.1 Å². The fraction of sp³-hybridized carbons (Fsp3) is 0. The lowest BCUT2D eigenvalue weighted by molar-refractivity contribution is 1.30. The molecule has 0 N–H and O–H groups in total. The van der Waals surface area contributed by atoms with Crippen LogP contribution in [0.3, 0.4) is 0 Å². The van der Waals surface area contributed by atoms with Crippen molar-refractivity contribution >= 4 is 12.2 Å². The van der Waals surface area contributed by atoms with Crippen molar-refractivity contribution in [3.05, 3.63) is 41.7 Å². The first-order valence-electron chi connectivity index (χ1n) is 3.94. The van der Waals surface area contributed by atoms with Gasteiger partial charge in [-0.15, -0.1) is 0 Å². The van der Waals surface area contributed by atoms with Crippen LogP contribution >= 0.6 is 0 Å². The summed E-state index contributed by atoms with van der Waals surface area (Å²) in [5.41, 5.74) is 1.68. The first-order chi connectivity index (χ1) is 6.86. The van der Waals surface area contributed by atoms with Crippen LogP contribution in [0.25, 0.3) is 12.2 Å². The van der Waals surface area contributed by atoms with Crippen LogP contribution in [0.2, 0.25) is 0 Å². The van der Waals surface area contributed by atoms with E-state index in [4.69, 9.17) is 10.5 Å². The summed E-state index contributed by atoms with van der Waals surface area (Å²) in [7, 11) is 0. The Morgan fingerprint density at radius 2 is 1.50 bits per heavy atom. The summed E-state index contributed by atoms with van der Waals surface area (Å²) in [6.45, 7) is 0. The van der Waals surface area contributed by atoms with Crippen LogP contribution in [0.1, 0.15) is 11.1 Å². The van der Waals surface area contributed by atoms with E-state index in [1.165, 1.54) is 12.2 Å². The average molecular weight is 181 g/mol. The molecule has 0 fully saturated rings. The second-order valence-corrected chi connectivity index (χ2v) is 2.48. The second-order valence-electron chi connectivity index (χ2n) is 2.48. The second kappa shape index (κ2) is 5.29. The maximum Gasteiger partial charge on any atom is 0.0912 e. The standard InChI is InChI=1S/C11H7N3/c12-5-1-3-10-7-11(4-2-6-13)9-14-8-10/h1-4,7-9H/b3-1+,4-2+. The molecule has 0 spiro atoms. The van der Waals surface area contributed by atoms with Crippen molar-refractivity contribution in [2.45, 2.75) is 0 Å². The molecule has 3 nitrogen and oxygen atoms in total. The SMILES string of the molecule is N#C/C=C/c1cncc(/C=C/C#N)c1. The molecule has 0 aliphatic carbocycles. The molecular weight excluding hydrogens is 174 g/mol. The maximum absolute atomic E-state index is 8.32. The Balaban J connectivity index is 2.92. The van der Waals surface area contributed by atoms with E-state index in [0.29, 0.717) is 0 Å². The van der Waals surface area contributed by atoms with Gasteiger partial charge in [-0.1, -0.05) is 0 Å². The molecule has 1 rings (SSSR count). The smallest absolute Gasteiger partial charge is 0.0912 e. The summed E-state index contributed by atoms with van der Waals surface area (Å²) in [5, 5.41) is 16.6. The topological polar surface area (TPSA) is 60.5 Å². The van der Waals surface area contributed by atoms with E-state index in [9.17, 15) is 0 Å². The molecule has 14 heavy (non-hydrogen) atoms. The van der Waals surface area contributed by atoms with Gasteiger partial charge in [0.15, 0.2) is 0 Å². The van der Waals surface area contributed by atoms with E-state index in [1.807, 2.05) is 18.2 Å². The zero-order valence-corrected chi connectivity index (χ0v) is 7.38. The fourth-order valence-electron chi connectivity index (χ4n) is 0.926. The minimum atomic E-state index is 0.839. The highest BCUT2D eigenvalue weighted by molar-refractivity contribution is 5.58. The normalized spacial score (nSPS) is 10.1. The molecule has 0 amide bonds. The van der Waals surface area contributed by atoms with Crippen molar-refractivity contribution in [2.75, 3.05) is 0 Å². The molecule has 1 aromatic rings. The van der Waals surface area contributed by atoms with Gasteiger partial charge in [0.2, 0.25) is 0 Å².